The van der Waals surface area contributed by atoms with Gasteiger partial charge in [-0.05, 0) is 70.6 Å². The lowest BCUT2D eigenvalue weighted by atomic mass is 9.83. The summed E-state index contributed by atoms with van der Waals surface area (Å²) in [5.74, 6) is 1.70. The highest BCUT2D eigenvalue weighted by atomic mass is 32.2. The molecule has 4 rings (SSSR count). The van der Waals surface area contributed by atoms with Gasteiger partial charge >= 0.3 is 0 Å². The van der Waals surface area contributed by atoms with Crippen molar-refractivity contribution < 1.29 is 4.79 Å². The maximum atomic E-state index is 12.6. The van der Waals surface area contributed by atoms with E-state index in [1.165, 1.54) is 42.6 Å². The minimum Gasteiger partial charge on any atom is -0.289 e. The lowest BCUT2D eigenvalue weighted by Crippen LogP contribution is -2.08. The minimum atomic E-state index is -0.512. The number of allylic oxidation sites excluding steroid dienone is 2. The number of hydrogen-bond donors (Lipinski definition) is 1. The van der Waals surface area contributed by atoms with E-state index in [1.54, 1.807) is 0 Å². The van der Waals surface area contributed by atoms with Crippen LogP contribution >= 0.6 is 10.9 Å². The van der Waals surface area contributed by atoms with Crippen LogP contribution in [0, 0.1) is 5.92 Å². The first-order valence-electron chi connectivity index (χ1n) is 10.1. The number of hydrogen-bond acceptors (Lipinski definition) is 1. The van der Waals surface area contributed by atoms with Gasteiger partial charge in [0.2, 0.25) is 0 Å². The molecule has 0 spiro atoms. The van der Waals surface area contributed by atoms with Crippen LogP contribution in [0.4, 0.5) is 0 Å². The van der Waals surface area contributed by atoms with Crippen molar-refractivity contribution in [3.8, 4) is 0 Å². The molecule has 2 aromatic carbocycles. The Morgan fingerprint density at radius 3 is 2.41 bits per heavy atom. The van der Waals surface area contributed by atoms with Gasteiger partial charge in [-0.1, -0.05) is 62.2 Å². The van der Waals surface area contributed by atoms with E-state index in [-0.39, 0.29) is 5.78 Å². The molecular formula is C25H28OS. The summed E-state index contributed by atoms with van der Waals surface area (Å²) in [5, 5.41) is 4.36. The van der Waals surface area contributed by atoms with E-state index in [0.717, 1.165) is 17.1 Å². The zero-order valence-corrected chi connectivity index (χ0v) is 16.9. The molecule has 0 N–H and O–H groups in total. The zero-order chi connectivity index (χ0) is 18.6. The number of ketones is 1. The lowest BCUT2D eigenvalue weighted by Gasteiger charge is -2.23. The smallest absolute Gasteiger partial charge is 0.193 e. The van der Waals surface area contributed by atoms with E-state index < -0.39 is 10.9 Å². The molecule has 1 aliphatic heterocycles. The number of rotatable bonds is 6. The number of Topliss-reactive ketones (excluding diaryl/α,β-unsaturated/α-hetero) is 1. The summed E-state index contributed by atoms with van der Waals surface area (Å²) in [6, 6.07) is 18.8. The summed E-state index contributed by atoms with van der Waals surface area (Å²) in [4.78, 5) is 14.0. The average molecular weight is 377 g/mol. The lowest BCUT2D eigenvalue weighted by molar-refractivity contribution is 0.103. The summed E-state index contributed by atoms with van der Waals surface area (Å²) in [7, 11) is -0.512. The van der Waals surface area contributed by atoms with Crippen LogP contribution in [-0.4, -0.2) is 5.78 Å². The molecule has 1 saturated carbocycles. The quantitative estimate of drug-likeness (QED) is 0.423. The van der Waals surface area contributed by atoms with Crippen molar-refractivity contribution >= 4 is 16.7 Å². The molecule has 2 unspecified atom stereocenters. The molecule has 1 nitrogen and oxygen atoms in total. The predicted octanol–water partition coefficient (Wildman–Crippen LogP) is 7.02. The Kier molecular flexibility index (Phi) is 5.63. The molecule has 140 valence electrons. The number of carbonyl (C=O) groups excluding carboxylic acids is 1. The van der Waals surface area contributed by atoms with Crippen molar-refractivity contribution in [2.24, 2.45) is 5.92 Å². The van der Waals surface area contributed by atoms with Crippen molar-refractivity contribution in [2.75, 3.05) is 0 Å². The molecular weight excluding hydrogens is 348 g/mol. The van der Waals surface area contributed by atoms with Gasteiger partial charge < -0.3 is 0 Å². The highest BCUT2D eigenvalue weighted by Gasteiger charge is 2.25. The molecule has 0 aromatic heterocycles. The van der Waals surface area contributed by atoms with E-state index in [1.807, 2.05) is 36.4 Å². The molecule has 1 heterocycles. The van der Waals surface area contributed by atoms with Gasteiger partial charge in [-0.25, -0.2) is 0 Å². The second-order valence-corrected chi connectivity index (χ2v) is 9.54. The Morgan fingerprint density at radius 2 is 1.74 bits per heavy atom. The third-order valence-corrected chi connectivity index (χ3v) is 7.94. The van der Waals surface area contributed by atoms with Crippen molar-refractivity contribution in [3.63, 3.8) is 0 Å². The molecule has 2 atom stereocenters. The van der Waals surface area contributed by atoms with Crippen molar-refractivity contribution in [1.29, 1.82) is 0 Å². The maximum Gasteiger partial charge on any atom is 0.193 e. The molecule has 0 amide bonds. The number of carbonyl (C=O) groups is 1. The van der Waals surface area contributed by atoms with Crippen LogP contribution in [-0.2, 0) is 0 Å². The molecule has 0 bridgehead atoms. The summed E-state index contributed by atoms with van der Waals surface area (Å²) < 4.78 is 0. The first-order chi connectivity index (χ1) is 13.3. The van der Waals surface area contributed by atoms with Gasteiger partial charge in [-0.2, -0.15) is 10.9 Å². The molecule has 1 aliphatic carbocycles. The van der Waals surface area contributed by atoms with E-state index in [4.69, 9.17) is 0 Å². The first-order valence-corrected chi connectivity index (χ1v) is 11.6. The Labute approximate surface area is 165 Å². The first kappa shape index (κ1) is 18.3. The van der Waals surface area contributed by atoms with Crippen LogP contribution in [0.25, 0.3) is 0 Å². The van der Waals surface area contributed by atoms with Gasteiger partial charge in [-0.3, -0.25) is 4.79 Å². The summed E-state index contributed by atoms with van der Waals surface area (Å²) in [6.45, 7) is 2.32. The van der Waals surface area contributed by atoms with Gasteiger partial charge in [0, 0.05) is 11.1 Å². The Hall–Kier alpha value is -2.06. The van der Waals surface area contributed by atoms with Gasteiger partial charge in [0.05, 0.1) is 0 Å². The van der Waals surface area contributed by atoms with E-state index in [2.05, 4.69) is 42.0 Å². The van der Waals surface area contributed by atoms with E-state index in [0.29, 0.717) is 5.92 Å². The highest BCUT2D eigenvalue weighted by Crippen LogP contribution is 2.46. The Bertz CT molecular complexity index is 842. The van der Waals surface area contributed by atoms with Crippen molar-refractivity contribution in [3.05, 3.63) is 88.2 Å². The van der Waals surface area contributed by atoms with Gasteiger partial charge in [-0.15, -0.1) is 0 Å². The highest BCUT2D eigenvalue weighted by molar-refractivity contribution is 8.22. The molecule has 1 fully saturated rings. The van der Waals surface area contributed by atoms with Crippen molar-refractivity contribution in [1.82, 2.24) is 0 Å². The van der Waals surface area contributed by atoms with Gasteiger partial charge in [0.25, 0.3) is 0 Å². The topological polar surface area (TPSA) is 17.1 Å². The summed E-state index contributed by atoms with van der Waals surface area (Å²) in [6.07, 6.45) is 8.82. The largest absolute Gasteiger partial charge is 0.289 e. The molecule has 0 saturated heterocycles. The van der Waals surface area contributed by atoms with Crippen LogP contribution in [0.3, 0.4) is 0 Å². The standard InChI is InChI=1S/C25H28OS/c1-2-24(19-8-6-7-9-19)20-12-14-23(15-13-20)27-17-16-22(18-27)25(26)21-10-4-3-5-11-21/h3-5,10-19,24,27H,2,6-9H2,1H3. The molecule has 2 heteroatoms. The fraction of sp³-hybridized carbons (Fsp3) is 0.320. The second kappa shape index (κ2) is 8.31. The van der Waals surface area contributed by atoms with Gasteiger partial charge in [0.15, 0.2) is 5.78 Å². The van der Waals surface area contributed by atoms with Crippen LogP contribution in [0.5, 0.6) is 0 Å². The van der Waals surface area contributed by atoms with Gasteiger partial charge in [0.1, 0.15) is 0 Å². The fourth-order valence-electron chi connectivity index (χ4n) is 4.54. The molecule has 2 aliphatic rings. The molecule has 27 heavy (non-hydrogen) atoms. The average Bonchev–Trinajstić information content (AvgIpc) is 3.42. The van der Waals surface area contributed by atoms with Crippen LogP contribution in [0.2, 0.25) is 0 Å². The maximum absolute atomic E-state index is 12.6. The van der Waals surface area contributed by atoms with Crippen LogP contribution in [0.1, 0.15) is 60.9 Å². The SMILES string of the molecule is CCC(c1ccc([SH]2C=CC(C(=O)c3ccccc3)=C2)cc1)C1CCCC1. The van der Waals surface area contributed by atoms with Crippen LogP contribution < -0.4 is 0 Å². The normalized spacial score (nSPS) is 22.0. The summed E-state index contributed by atoms with van der Waals surface area (Å²) >= 11 is 0. The van der Waals surface area contributed by atoms with E-state index in [9.17, 15) is 4.79 Å². The zero-order valence-electron chi connectivity index (χ0n) is 16.0. The number of benzene rings is 2. The predicted molar refractivity (Wildman–Crippen MR) is 117 cm³/mol. The molecule has 2 aromatic rings. The second-order valence-electron chi connectivity index (χ2n) is 7.65. The summed E-state index contributed by atoms with van der Waals surface area (Å²) in [5.41, 5.74) is 3.09. The van der Waals surface area contributed by atoms with Crippen LogP contribution in [0.15, 0.2) is 82.0 Å². The fourth-order valence-corrected chi connectivity index (χ4v) is 6.27. The Morgan fingerprint density at radius 1 is 1.04 bits per heavy atom. The Balaban J connectivity index is 1.49. The third kappa shape index (κ3) is 3.96. The van der Waals surface area contributed by atoms with E-state index >= 15 is 0 Å². The number of thiol groups is 1. The molecule has 0 radical (unpaired) electrons. The monoisotopic (exact) mass is 376 g/mol. The third-order valence-electron chi connectivity index (χ3n) is 6.02. The minimum absolute atomic E-state index is 0.126. The van der Waals surface area contributed by atoms with Crippen molar-refractivity contribution in [2.45, 2.75) is 49.8 Å².